The first-order chi connectivity index (χ1) is 12.9. The van der Waals surface area contributed by atoms with E-state index in [1.807, 2.05) is 37.8 Å². The van der Waals surface area contributed by atoms with E-state index in [1.54, 1.807) is 0 Å². The van der Waals surface area contributed by atoms with Gasteiger partial charge in [-0.2, -0.15) is 0 Å². The summed E-state index contributed by atoms with van der Waals surface area (Å²) >= 11 is 0. The standard InChI is InChI=1S/C20H30N4O3/c1-14-11-15(2)19(16(3)12-14)23-17(25)13-22-20(27)21-8-7-18(26)24-9-5-4-6-10-24/h11-12H,4-10,13H2,1-3H3,(H,23,25)(H2,21,22,27). The molecular formula is C20H30N4O3. The number of piperidine rings is 1. The van der Waals surface area contributed by atoms with Crippen molar-refractivity contribution in [3.05, 3.63) is 28.8 Å². The maximum atomic E-state index is 12.1. The molecule has 0 saturated carbocycles. The highest BCUT2D eigenvalue weighted by molar-refractivity contribution is 5.95. The van der Waals surface area contributed by atoms with E-state index in [1.165, 1.54) is 6.42 Å². The van der Waals surface area contributed by atoms with Gasteiger partial charge in [0.15, 0.2) is 0 Å². The minimum absolute atomic E-state index is 0.0677. The van der Waals surface area contributed by atoms with Crippen molar-refractivity contribution in [3.8, 4) is 0 Å². The van der Waals surface area contributed by atoms with Crippen LogP contribution in [0.5, 0.6) is 0 Å². The molecule has 7 heteroatoms. The molecule has 2 rings (SSSR count). The molecule has 0 unspecified atom stereocenters. The summed E-state index contributed by atoms with van der Waals surface area (Å²) in [6.45, 7) is 7.64. The third kappa shape index (κ3) is 6.58. The van der Waals surface area contributed by atoms with Crippen LogP contribution >= 0.6 is 0 Å². The van der Waals surface area contributed by atoms with E-state index in [-0.39, 0.29) is 31.3 Å². The number of hydrogen-bond donors (Lipinski definition) is 3. The Morgan fingerprint density at radius 1 is 0.963 bits per heavy atom. The maximum Gasteiger partial charge on any atom is 0.315 e. The number of carbonyl (C=O) groups is 3. The van der Waals surface area contributed by atoms with Crippen molar-refractivity contribution in [1.82, 2.24) is 15.5 Å². The Morgan fingerprint density at radius 2 is 1.59 bits per heavy atom. The third-order valence-electron chi connectivity index (χ3n) is 4.68. The molecule has 1 aromatic rings. The fourth-order valence-corrected chi connectivity index (χ4v) is 3.37. The van der Waals surface area contributed by atoms with Crippen LogP contribution in [0.3, 0.4) is 0 Å². The number of nitrogens with one attached hydrogen (secondary N) is 3. The smallest absolute Gasteiger partial charge is 0.315 e. The van der Waals surface area contributed by atoms with Gasteiger partial charge in [-0.15, -0.1) is 0 Å². The summed E-state index contributed by atoms with van der Waals surface area (Å²) in [4.78, 5) is 37.8. The van der Waals surface area contributed by atoms with Crippen molar-refractivity contribution in [1.29, 1.82) is 0 Å². The van der Waals surface area contributed by atoms with Gasteiger partial charge in [0.05, 0.1) is 6.54 Å². The first-order valence-corrected chi connectivity index (χ1v) is 9.54. The number of amides is 4. The minimum Gasteiger partial charge on any atom is -0.343 e. The number of benzene rings is 1. The molecule has 0 aliphatic carbocycles. The second-order valence-corrected chi connectivity index (χ2v) is 7.12. The van der Waals surface area contributed by atoms with Crippen LogP contribution in [0.2, 0.25) is 0 Å². The number of hydrogen-bond acceptors (Lipinski definition) is 3. The van der Waals surface area contributed by atoms with Crippen molar-refractivity contribution in [3.63, 3.8) is 0 Å². The fraction of sp³-hybridized carbons (Fsp3) is 0.550. The summed E-state index contributed by atoms with van der Waals surface area (Å²) in [5.74, 6) is -0.220. The summed E-state index contributed by atoms with van der Waals surface area (Å²) in [6.07, 6.45) is 3.55. The van der Waals surface area contributed by atoms with Gasteiger partial charge in [-0.1, -0.05) is 17.7 Å². The number of carbonyl (C=O) groups excluding carboxylic acids is 3. The summed E-state index contributed by atoms with van der Waals surface area (Å²) in [5, 5.41) is 7.98. The number of aryl methyl sites for hydroxylation is 3. The molecule has 3 N–H and O–H groups in total. The largest absolute Gasteiger partial charge is 0.343 e. The van der Waals surface area contributed by atoms with Crippen molar-refractivity contribution >= 4 is 23.5 Å². The van der Waals surface area contributed by atoms with E-state index in [0.29, 0.717) is 0 Å². The van der Waals surface area contributed by atoms with Crippen molar-refractivity contribution in [2.24, 2.45) is 0 Å². The van der Waals surface area contributed by atoms with E-state index in [2.05, 4.69) is 16.0 Å². The Labute approximate surface area is 160 Å². The van der Waals surface area contributed by atoms with Gasteiger partial charge >= 0.3 is 6.03 Å². The number of nitrogens with zero attached hydrogens (tertiary/aromatic N) is 1. The Morgan fingerprint density at radius 3 is 2.22 bits per heavy atom. The molecule has 1 aliphatic heterocycles. The topological polar surface area (TPSA) is 90.5 Å². The molecule has 4 amide bonds. The van der Waals surface area contributed by atoms with E-state index in [4.69, 9.17) is 0 Å². The second kappa shape index (κ2) is 9.94. The molecule has 1 fully saturated rings. The lowest BCUT2D eigenvalue weighted by molar-refractivity contribution is -0.131. The molecule has 1 aliphatic rings. The van der Waals surface area contributed by atoms with Gasteiger partial charge in [0, 0.05) is 31.7 Å². The minimum atomic E-state index is -0.450. The summed E-state index contributed by atoms with van der Waals surface area (Å²) in [6, 6.07) is 3.55. The first kappa shape index (κ1) is 20.7. The lowest BCUT2D eigenvalue weighted by Crippen LogP contribution is -2.42. The Hall–Kier alpha value is -2.57. The van der Waals surface area contributed by atoms with Gasteiger partial charge < -0.3 is 20.9 Å². The molecular weight excluding hydrogens is 344 g/mol. The lowest BCUT2D eigenvalue weighted by atomic mass is 10.1. The van der Waals surface area contributed by atoms with E-state index in [0.717, 1.165) is 48.3 Å². The molecule has 1 heterocycles. The maximum absolute atomic E-state index is 12.1. The van der Waals surface area contributed by atoms with Gasteiger partial charge in [0.1, 0.15) is 0 Å². The Bertz CT molecular complexity index is 673. The van der Waals surface area contributed by atoms with E-state index in [9.17, 15) is 14.4 Å². The van der Waals surface area contributed by atoms with Gasteiger partial charge in [-0.3, -0.25) is 9.59 Å². The number of likely N-dealkylation sites (tertiary alicyclic amines) is 1. The second-order valence-electron chi connectivity index (χ2n) is 7.12. The van der Waals surface area contributed by atoms with Gasteiger partial charge in [0.25, 0.3) is 0 Å². The van der Waals surface area contributed by atoms with E-state index < -0.39 is 6.03 Å². The predicted molar refractivity (Wildman–Crippen MR) is 106 cm³/mol. The van der Waals surface area contributed by atoms with Crippen LogP contribution in [0, 0.1) is 20.8 Å². The third-order valence-corrected chi connectivity index (χ3v) is 4.68. The van der Waals surface area contributed by atoms with Gasteiger partial charge in [-0.25, -0.2) is 4.79 Å². The van der Waals surface area contributed by atoms with Crippen LogP contribution in [0.1, 0.15) is 42.4 Å². The van der Waals surface area contributed by atoms with Crippen LogP contribution in [0.15, 0.2) is 12.1 Å². The molecule has 0 bridgehead atoms. The summed E-state index contributed by atoms with van der Waals surface area (Å²) < 4.78 is 0. The SMILES string of the molecule is Cc1cc(C)c(NC(=O)CNC(=O)NCCC(=O)N2CCCCC2)c(C)c1. The summed E-state index contributed by atoms with van der Waals surface area (Å²) in [5.41, 5.74) is 3.89. The Kier molecular flexibility index (Phi) is 7.64. The average Bonchev–Trinajstić information content (AvgIpc) is 2.63. The predicted octanol–water partition coefficient (Wildman–Crippen LogP) is 2.25. The van der Waals surface area contributed by atoms with Crippen molar-refractivity contribution < 1.29 is 14.4 Å². The molecule has 0 spiro atoms. The Balaban J connectivity index is 1.67. The van der Waals surface area contributed by atoms with Crippen LogP contribution in [0.25, 0.3) is 0 Å². The quantitative estimate of drug-likeness (QED) is 0.713. The van der Waals surface area contributed by atoms with Crippen LogP contribution < -0.4 is 16.0 Å². The van der Waals surface area contributed by atoms with Crippen LogP contribution in [0.4, 0.5) is 10.5 Å². The number of anilines is 1. The zero-order valence-electron chi connectivity index (χ0n) is 16.5. The number of urea groups is 1. The van der Waals surface area contributed by atoms with E-state index >= 15 is 0 Å². The van der Waals surface area contributed by atoms with Crippen molar-refractivity contribution in [2.75, 3.05) is 31.5 Å². The molecule has 1 saturated heterocycles. The van der Waals surface area contributed by atoms with Gasteiger partial charge in [0.2, 0.25) is 11.8 Å². The van der Waals surface area contributed by atoms with Crippen LogP contribution in [-0.2, 0) is 9.59 Å². The normalized spacial score (nSPS) is 13.8. The number of rotatable bonds is 6. The van der Waals surface area contributed by atoms with Crippen LogP contribution in [-0.4, -0.2) is 48.9 Å². The highest BCUT2D eigenvalue weighted by Crippen LogP contribution is 2.21. The molecule has 0 atom stereocenters. The lowest BCUT2D eigenvalue weighted by Gasteiger charge is -2.26. The highest BCUT2D eigenvalue weighted by atomic mass is 16.2. The van der Waals surface area contributed by atoms with Crippen molar-refractivity contribution in [2.45, 2.75) is 46.5 Å². The monoisotopic (exact) mass is 374 g/mol. The molecule has 1 aromatic carbocycles. The first-order valence-electron chi connectivity index (χ1n) is 9.54. The molecule has 148 valence electrons. The zero-order valence-corrected chi connectivity index (χ0v) is 16.5. The molecule has 0 radical (unpaired) electrons. The fourth-order valence-electron chi connectivity index (χ4n) is 3.37. The average molecular weight is 374 g/mol. The zero-order chi connectivity index (χ0) is 19.8. The summed E-state index contributed by atoms with van der Waals surface area (Å²) in [7, 11) is 0. The highest BCUT2D eigenvalue weighted by Gasteiger charge is 2.16. The van der Waals surface area contributed by atoms with Gasteiger partial charge in [-0.05, 0) is 51.2 Å². The molecule has 0 aromatic heterocycles. The molecule has 7 nitrogen and oxygen atoms in total. The molecule has 27 heavy (non-hydrogen) atoms.